The quantitative estimate of drug-likeness (QED) is 0.494. The third-order valence-corrected chi connectivity index (χ3v) is 6.86. The van der Waals surface area contributed by atoms with E-state index in [2.05, 4.69) is 48.3 Å². The average Bonchev–Trinajstić information content (AvgIpc) is 3.46. The second-order valence-corrected chi connectivity index (χ2v) is 9.04. The molecule has 0 spiro atoms. The normalized spacial score (nSPS) is 20.5. The number of carbonyl (C=O) groups is 1. The molecule has 1 N–H and O–H groups in total. The van der Waals surface area contributed by atoms with E-state index in [1.165, 1.54) is 11.1 Å². The van der Waals surface area contributed by atoms with Gasteiger partial charge in [0.2, 0.25) is 0 Å². The van der Waals surface area contributed by atoms with Crippen molar-refractivity contribution in [1.29, 1.82) is 0 Å². The van der Waals surface area contributed by atoms with Gasteiger partial charge in [-0.05, 0) is 62.6 Å². The Morgan fingerprint density at radius 2 is 1.74 bits per heavy atom. The molecule has 2 saturated heterocycles. The van der Waals surface area contributed by atoms with Crippen LogP contribution in [0.3, 0.4) is 0 Å². The lowest BCUT2D eigenvalue weighted by molar-refractivity contribution is 0.0405. The number of nitrogens with zero attached hydrogens (tertiary/aromatic N) is 2. The van der Waals surface area contributed by atoms with E-state index in [4.69, 9.17) is 14.2 Å². The molecule has 2 bridgehead atoms. The molecule has 0 aliphatic carbocycles. The number of aryl methyl sites for hydroxylation is 1. The maximum absolute atomic E-state index is 12.9. The van der Waals surface area contributed by atoms with E-state index in [1.807, 2.05) is 36.1 Å². The minimum Gasteiger partial charge on any atom is -0.491 e. The Balaban J connectivity index is 1.21. The fourth-order valence-corrected chi connectivity index (χ4v) is 5.07. The number of hydrogen-bond donors (Lipinski definition) is 1. The van der Waals surface area contributed by atoms with Crippen LogP contribution in [0.15, 0.2) is 48.5 Å². The van der Waals surface area contributed by atoms with Gasteiger partial charge in [0.25, 0.3) is 0 Å². The van der Waals surface area contributed by atoms with Crippen LogP contribution < -0.4 is 10.1 Å². The molecule has 2 fully saturated rings. The molecule has 7 heteroatoms. The number of anilines is 1. The first kappa shape index (κ1) is 24.5. The highest BCUT2D eigenvalue weighted by Gasteiger charge is 2.46. The van der Waals surface area contributed by atoms with Gasteiger partial charge in [-0.25, -0.2) is 4.79 Å². The number of piperazine rings is 1. The number of hydrogen-bond acceptors (Lipinski definition) is 5. The second-order valence-electron chi connectivity index (χ2n) is 9.04. The Hall–Kier alpha value is -2.61. The molecule has 0 saturated carbocycles. The van der Waals surface area contributed by atoms with Crippen molar-refractivity contribution in [2.45, 2.75) is 45.3 Å². The summed E-state index contributed by atoms with van der Waals surface area (Å²) in [5.74, 6) is 0.757. The summed E-state index contributed by atoms with van der Waals surface area (Å²) >= 11 is 0. The Kier molecular flexibility index (Phi) is 8.43. The molecule has 3 unspecified atom stereocenters. The summed E-state index contributed by atoms with van der Waals surface area (Å²) in [6.07, 6.45) is 1.04. The van der Waals surface area contributed by atoms with Crippen molar-refractivity contribution in [2.24, 2.45) is 0 Å². The fourth-order valence-electron chi connectivity index (χ4n) is 5.07. The topological polar surface area (TPSA) is 63.3 Å². The number of urea groups is 1. The standard InChI is InChI=1S/C27H37N3O4/c1-4-32-13-14-33-15-16-34-25-11-9-22(10-12-25)28-27(31)30-19-23-17-24(30)18-29(23)21(3)26-8-6-5-7-20(26)2/h5-12,21,23-24H,4,13-19H2,1-3H3,(H,28,31). The van der Waals surface area contributed by atoms with Crippen LogP contribution in [-0.4, -0.2) is 74.0 Å². The van der Waals surface area contributed by atoms with E-state index >= 15 is 0 Å². The van der Waals surface area contributed by atoms with Gasteiger partial charge in [-0.3, -0.25) is 4.90 Å². The fraction of sp³-hybridized carbons (Fsp3) is 0.519. The van der Waals surface area contributed by atoms with Crippen LogP contribution in [0.2, 0.25) is 0 Å². The van der Waals surface area contributed by atoms with Crippen molar-refractivity contribution < 1.29 is 19.0 Å². The minimum absolute atomic E-state index is 0.0212. The van der Waals surface area contributed by atoms with Crippen LogP contribution in [0.5, 0.6) is 5.75 Å². The van der Waals surface area contributed by atoms with Gasteiger partial charge in [0.15, 0.2) is 0 Å². The van der Waals surface area contributed by atoms with Crippen LogP contribution in [0.25, 0.3) is 0 Å². The number of likely N-dealkylation sites (tertiary alicyclic amines) is 2. The Morgan fingerprint density at radius 1 is 1.00 bits per heavy atom. The summed E-state index contributed by atoms with van der Waals surface area (Å²) in [6, 6.07) is 17.1. The highest BCUT2D eigenvalue weighted by molar-refractivity contribution is 5.90. The molecule has 2 aliphatic rings. The van der Waals surface area contributed by atoms with Gasteiger partial charge in [0, 0.05) is 43.5 Å². The van der Waals surface area contributed by atoms with Crippen molar-refractivity contribution in [3.63, 3.8) is 0 Å². The summed E-state index contributed by atoms with van der Waals surface area (Å²) in [6.45, 7) is 11.0. The number of rotatable bonds is 11. The number of amides is 2. The summed E-state index contributed by atoms with van der Waals surface area (Å²) in [5.41, 5.74) is 3.48. The van der Waals surface area contributed by atoms with Gasteiger partial charge in [-0.1, -0.05) is 24.3 Å². The molecule has 0 radical (unpaired) electrons. The van der Waals surface area contributed by atoms with E-state index in [0.29, 0.717) is 45.1 Å². The van der Waals surface area contributed by atoms with E-state index in [-0.39, 0.29) is 12.1 Å². The lowest BCUT2D eigenvalue weighted by Crippen LogP contribution is -2.50. The van der Waals surface area contributed by atoms with Gasteiger partial charge in [0.1, 0.15) is 12.4 Å². The zero-order chi connectivity index (χ0) is 23.9. The Morgan fingerprint density at radius 3 is 2.44 bits per heavy atom. The smallest absolute Gasteiger partial charge is 0.322 e. The van der Waals surface area contributed by atoms with Gasteiger partial charge in [-0.2, -0.15) is 0 Å². The highest BCUT2D eigenvalue weighted by atomic mass is 16.5. The van der Waals surface area contributed by atoms with Gasteiger partial charge < -0.3 is 24.4 Å². The van der Waals surface area contributed by atoms with E-state index < -0.39 is 0 Å². The molecule has 3 atom stereocenters. The van der Waals surface area contributed by atoms with Crippen molar-refractivity contribution in [1.82, 2.24) is 9.80 Å². The zero-order valence-corrected chi connectivity index (χ0v) is 20.5. The molecular formula is C27H37N3O4. The maximum atomic E-state index is 12.9. The first-order chi connectivity index (χ1) is 16.6. The molecule has 34 heavy (non-hydrogen) atoms. The lowest BCUT2D eigenvalue weighted by atomic mass is 10.0. The maximum Gasteiger partial charge on any atom is 0.322 e. The average molecular weight is 468 g/mol. The van der Waals surface area contributed by atoms with Crippen LogP contribution in [0.4, 0.5) is 10.5 Å². The first-order valence-corrected chi connectivity index (χ1v) is 12.3. The van der Waals surface area contributed by atoms with Crippen molar-refractivity contribution in [3.05, 3.63) is 59.7 Å². The second kappa shape index (κ2) is 11.7. The number of carbonyl (C=O) groups excluding carboxylic acids is 1. The highest BCUT2D eigenvalue weighted by Crippen LogP contribution is 2.37. The molecule has 184 valence electrons. The number of nitrogens with one attached hydrogen (secondary N) is 1. The summed E-state index contributed by atoms with van der Waals surface area (Å²) in [5, 5.41) is 3.05. The predicted molar refractivity (Wildman–Crippen MR) is 133 cm³/mol. The Bertz CT molecular complexity index is 936. The number of fused-ring (bicyclic) bond motifs is 2. The number of ether oxygens (including phenoxy) is 3. The summed E-state index contributed by atoms with van der Waals surface area (Å²) in [7, 11) is 0. The zero-order valence-electron chi connectivity index (χ0n) is 20.5. The molecule has 7 nitrogen and oxygen atoms in total. The van der Waals surface area contributed by atoms with Crippen LogP contribution in [0.1, 0.15) is 37.4 Å². The summed E-state index contributed by atoms with van der Waals surface area (Å²) < 4.78 is 16.4. The van der Waals surface area contributed by atoms with Crippen LogP contribution in [0, 0.1) is 6.92 Å². The molecule has 2 amide bonds. The predicted octanol–water partition coefficient (Wildman–Crippen LogP) is 4.48. The first-order valence-electron chi connectivity index (χ1n) is 12.3. The van der Waals surface area contributed by atoms with Gasteiger partial charge in [-0.15, -0.1) is 0 Å². The van der Waals surface area contributed by atoms with Gasteiger partial charge >= 0.3 is 6.03 Å². The van der Waals surface area contributed by atoms with Crippen molar-refractivity contribution >= 4 is 11.7 Å². The van der Waals surface area contributed by atoms with E-state index in [1.54, 1.807) is 0 Å². The Labute approximate surface area is 203 Å². The molecule has 2 heterocycles. The molecule has 2 aromatic rings. The molecule has 2 aliphatic heterocycles. The molecule has 4 rings (SSSR count). The summed E-state index contributed by atoms with van der Waals surface area (Å²) in [4.78, 5) is 17.5. The van der Waals surface area contributed by atoms with Gasteiger partial charge in [0.05, 0.1) is 19.8 Å². The SMILES string of the molecule is CCOCCOCCOc1ccc(NC(=O)N2CC3CC2CN3C(C)c2ccccc2C)cc1. The van der Waals surface area contributed by atoms with Crippen LogP contribution in [-0.2, 0) is 9.47 Å². The van der Waals surface area contributed by atoms with Crippen molar-refractivity contribution in [3.8, 4) is 5.75 Å². The molecular weight excluding hydrogens is 430 g/mol. The third kappa shape index (κ3) is 5.90. The monoisotopic (exact) mass is 467 g/mol. The third-order valence-electron chi connectivity index (χ3n) is 6.86. The van der Waals surface area contributed by atoms with E-state index in [9.17, 15) is 4.79 Å². The number of benzene rings is 2. The minimum atomic E-state index is -0.0212. The van der Waals surface area contributed by atoms with Crippen LogP contribution >= 0.6 is 0 Å². The molecule has 2 aromatic carbocycles. The van der Waals surface area contributed by atoms with Crippen molar-refractivity contribution in [2.75, 3.05) is 51.4 Å². The molecule has 0 aromatic heterocycles. The van der Waals surface area contributed by atoms with E-state index in [0.717, 1.165) is 30.9 Å². The lowest BCUT2D eigenvalue weighted by Gasteiger charge is -2.38. The largest absolute Gasteiger partial charge is 0.491 e.